The monoisotopic (exact) mass is 224 g/mol. The molecule has 0 aromatic carbocycles. The number of hydrogen-bond acceptors (Lipinski definition) is 1. The average molecular weight is 224 g/mol. The lowest BCUT2D eigenvalue weighted by Gasteiger charge is -2.25. The van der Waals surface area contributed by atoms with Gasteiger partial charge in [-0.15, -0.1) is 0 Å². The predicted molar refractivity (Wildman–Crippen MR) is 68.6 cm³/mol. The second-order valence-electron chi connectivity index (χ2n) is 6.08. The Hall–Kier alpha value is -0.0400. The minimum atomic E-state index is 0.583. The van der Waals surface area contributed by atoms with Crippen LogP contribution in [0.5, 0.6) is 0 Å². The fraction of sp³-hybridized carbons (Fsp3) is 1.00. The smallest absolute Gasteiger partial charge is 0.0577 e. The minimum Gasteiger partial charge on any atom is -0.378 e. The van der Waals surface area contributed by atoms with Gasteiger partial charge in [-0.3, -0.25) is 0 Å². The van der Waals surface area contributed by atoms with Crippen molar-refractivity contribution in [2.24, 2.45) is 11.8 Å². The average Bonchev–Trinajstić information content (AvgIpc) is 2.52. The second-order valence-corrected chi connectivity index (χ2v) is 6.08. The molecule has 1 nitrogen and oxygen atoms in total. The summed E-state index contributed by atoms with van der Waals surface area (Å²) in [6, 6.07) is 0. The molecule has 2 aliphatic carbocycles. The van der Waals surface area contributed by atoms with Crippen molar-refractivity contribution in [2.75, 3.05) is 6.61 Å². The molecule has 2 fully saturated rings. The third-order valence-electron chi connectivity index (χ3n) is 4.43. The van der Waals surface area contributed by atoms with Crippen LogP contribution in [0.25, 0.3) is 0 Å². The highest BCUT2D eigenvalue weighted by molar-refractivity contribution is 4.71. The fourth-order valence-electron chi connectivity index (χ4n) is 3.33. The lowest BCUT2D eigenvalue weighted by molar-refractivity contribution is 0.00746. The Kier molecular flexibility index (Phi) is 5.15. The van der Waals surface area contributed by atoms with Crippen LogP contribution in [0, 0.1) is 11.8 Å². The van der Waals surface area contributed by atoms with Gasteiger partial charge in [0.1, 0.15) is 0 Å². The van der Waals surface area contributed by atoms with E-state index in [1.807, 2.05) is 0 Å². The van der Waals surface area contributed by atoms with E-state index in [1.54, 1.807) is 0 Å². The van der Waals surface area contributed by atoms with E-state index in [9.17, 15) is 0 Å². The predicted octanol–water partition coefficient (Wildman–Crippen LogP) is 4.55. The van der Waals surface area contributed by atoms with Crippen molar-refractivity contribution in [2.45, 2.75) is 77.2 Å². The van der Waals surface area contributed by atoms with E-state index in [2.05, 4.69) is 6.92 Å². The maximum atomic E-state index is 6.17. The summed E-state index contributed by atoms with van der Waals surface area (Å²) < 4.78 is 6.17. The molecule has 0 heterocycles. The third-order valence-corrected chi connectivity index (χ3v) is 4.43. The highest BCUT2D eigenvalue weighted by Crippen LogP contribution is 2.28. The van der Waals surface area contributed by atoms with E-state index in [1.165, 1.54) is 64.2 Å². The van der Waals surface area contributed by atoms with Gasteiger partial charge < -0.3 is 4.74 Å². The largest absolute Gasteiger partial charge is 0.378 e. The van der Waals surface area contributed by atoms with Crippen molar-refractivity contribution >= 4 is 0 Å². The Morgan fingerprint density at radius 2 is 1.56 bits per heavy atom. The molecule has 94 valence electrons. The summed E-state index contributed by atoms with van der Waals surface area (Å²) in [5.74, 6) is 1.77. The number of hydrogen-bond donors (Lipinski definition) is 0. The van der Waals surface area contributed by atoms with Gasteiger partial charge >= 0.3 is 0 Å². The zero-order chi connectivity index (χ0) is 11.2. The Morgan fingerprint density at radius 3 is 2.38 bits per heavy atom. The molecule has 0 saturated heterocycles. The molecule has 2 aliphatic rings. The van der Waals surface area contributed by atoms with Crippen molar-refractivity contribution in [3.63, 3.8) is 0 Å². The molecule has 0 spiro atoms. The van der Waals surface area contributed by atoms with Crippen molar-refractivity contribution in [1.82, 2.24) is 0 Å². The van der Waals surface area contributed by atoms with Crippen LogP contribution < -0.4 is 0 Å². The second kappa shape index (κ2) is 6.64. The minimum absolute atomic E-state index is 0.583. The van der Waals surface area contributed by atoms with Gasteiger partial charge in [0, 0.05) is 6.61 Å². The summed E-state index contributed by atoms with van der Waals surface area (Å²) in [4.78, 5) is 0. The van der Waals surface area contributed by atoms with Gasteiger partial charge in [0.25, 0.3) is 0 Å². The molecule has 0 amide bonds. The number of rotatable bonds is 3. The van der Waals surface area contributed by atoms with Crippen molar-refractivity contribution in [3.05, 3.63) is 0 Å². The van der Waals surface area contributed by atoms with Crippen LogP contribution in [0.4, 0.5) is 0 Å². The van der Waals surface area contributed by atoms with Crippen LogP contribution in [0.2, 0.25) is 0 Å². The Morgan fingerprint density at radius 1 is 0.875 bits per heavy atom. The lowest BCUT2D eigenvalue weighted by Crippen LogP contribution is -2.21. The van der Waals surface area contributed by atoms with Gasteiger partial charge in [0.15, 0.2) is 0 Å². The summed E-state index contributed by atoms with van der Waals surface area (Å²) in [5.41, 5.74) is 0. The molecule has 0 aliphatic heterocycles. The SMILES string of the molecule is CC1CCCCC(OCC2CCCCC2)C1. The molecule has 0 radical (unpaired) electrons. The molecule has 1 heteroatoms. The summed E-state index contributed by atoms with van der Waals surface area (Å²) >= 11 is 0. The van der Waals surface area contributed by atoms with E-state index in [0.717, 1.165) is 18.4 Å². The first-order chi connectivity index (χ1) is 7.84. The molecule has 0 bridgehead atoms. The van der Waals surface area contributed by atoms with Crippen LogP contribution >= 0.6 is 0 Å². The first-order valence-electron chi connectivity index (χ1n) is 7.46. The zero-order valence-electron chi connectivity index (χ0n) is 10.9. The van der Waals surface area contributed by atoms with Crippen LogP contribution in [0.1, 0.15) is 71.1 Å². The maximum absolute atomic E-state index is 6.17. The molecule has 0 aromatic rings. The Bertz CT molecular complexity index is 184. The van der Waals surface area contributed by atoms with Crippen molar-refractivity contribution in [1.29, 1.82) is 0 Å². The standard InChI is InChI=1S/C15H28O/c1-13-7-5-6-10-15(11-13)16-12-14-8-3-2-4-9-14/h13-15H,2-12H2,1H3. The highest BCUT2D eigenvalue weighted by Gasteiger charge is 2.20. The van der Waals surface area contributed by atoms with E-state index in [-0.39, 0.29) is 0 Å². The van der Waals surface area contributed by atoms with Crippen molar-refractivity contribution in [3.8, 4) is 0 Å². The maximum Gasteiger partial charge on any atom is 0.0577 e. The first-order valence-corrected chi connectivity index (χ1v) is 7.46. The van der Waals surface area contributed by atoms with Crippen LogP contribution in [0.15, 0.2) is 0 Å². The van der Waals surface area contributed by atoms with Gasteiger partial charge in [-0.2, -0.15) is 0 Å². The van der Waals surface area contributed by atoms with E-state index in [0.29, 0.717) is 6.10 Å². The zero-order valence-corrected chi connectivity index (χ0v) is 10.9. The lowest BCUT2D eigenvalue weighted by atomic mass is 9.90. The third kappa shape index (κ3) is 4.08. The van der Waals surface area contributed by atoms with E-state index in [4.69, 9.17) is 4.74 Å². The Balaban J connectivity index is 1.67. The van der Waals surface area contributed by atoms with Gasteiger partial charge in [-0.05, 0) is 37.5 Å². The molecule has 2 saturated carbocycles. The molecular weight excluding hydrogens is 196 g/mol. The van der Waals surface area contributed by atoms with Gasteiger partial charge in [-0.1, -0.05) is 45.4 Å². The topological polar surface area (TPSA) is 9.23 Å². The quantitative estimate of drug-likeness (QED) is 0.639. The molecular formula is C15H28O. The fourth-order valence-corrected chi connectivity index (χ4v) is 3.33. The molecule has 2 unspecified atom stereocenters. The molecule has 0 aromatic heterocycles. The van der Waals surface area contributed by atoms with Gasteiger partial charge in [0.05, 0.1) is 6.10 Å². The van der Waals surface area contributed by atoms with Crippen LogP contribution in [-0.2, 0) is 4.74 Å². The molecule has 2 rings (SSSR count). The molecule has 16 heavy (non-hydrogen) atoms. The summed E-state index contributed by atoms with van der Waals surface area (Å²) in [7, 11) is 0. The number of ether oxygens (including phenoxy) is 1. The van der Waals surface area contributed by atoms with E-state index < -0.39 is 0 Å². The highest BCUT2D eigenvalue weighted by atomic mass is 16.5. The van der Waals surface area contributed by atoms with Crippen molar-refractivity contribution < 1.29 is 4.74 Å². The normalized spacial score (nSPS) is 33.6. The Labute approximate surface area is 101 Å². The first kappa shape index (κ1) is 12.4. The van der Waals surface area contributed by atoms with Gasteiger partial charge in [0.2, 0.25) is 0 Å². The van der Waals surface area contributed by atoms with Gasteiger partial charge in [-0.25, -0.2) is 0 Å². The molecule has 0 N–H and O–H groups in total. The van der Waals surface area contributed by atoms with E-state index >= 15 is 0 Å². The van der Waals surface area contributed by atoms with Crippen LogP contribution in [0.3, 0.4) is 0 Å². The molecule has 2 atom stereocenters. The summed E-state index contributed by atoms with van der Waals surface area (Å²) in [5, 5.41) is 0. The van der Waals surface area contributed by atoms with Crippen LogP contribution in [-0.4, -0.2) is 12.7 Å². The summed E-state index contributed by atoms with van der Waals surface area (Å²) in [6.45, 7) is 3.44. The summed E-state index contributed by atoms with van der Waals surface area (Å²) in [6.07, 6.45) is 14.6.